The van der Waals surface area contributed by atoms with Crippen LogP contribution in [0.25, 0.3) is 0 Å². The maximum atomic E-state index is 11.8. The average molecular weight is 222 g/mol. The van der Waals surface area contributed by atoms with Gasteiger partial charge in [0, 0.05) is 24.7 Å². The van der Waals surface area contributed by atoms with Gasteiger partial charge in [-0.2, -0.15) is 0 Å². The maximum absolute atomic E-state index is 11.8. The lowest BCUT2D eigenvalue weighted by molar-refractivity contribution is 0.199. The van der Waals surface area contributed by atoms with Crippen LogP contribution in [0.1, 0.15) is 30.9 Å². The standard InChI is InChI=1S/C11H18N4O/c1-7(2)15-4-3-8-9(6-15)13-10(5-12)14-11(8)16/h7H,3-6,12H2,1-2H3,(H,13,14,16). The number of fused-ring (bicyclic) bond motifs is 1. The van der Waals surface area contributed by atoms with E-state index in [1.54, 1.807) is 0 Å². The number of aromatic amines is 1. The van der Waals surface area contributed by atoms with Crippen molar-refractivity contribution in [2.24, 2.45) is 5.73 Å². The van der Waals surface area contributed by atoms with Gasteiger partial charge in [-0.25, -0.2) is 4.98 Å². The Kier molecular flexibility index (Phi) is 3.07. The number of aromatic nitrogens is 2. The van der Waals surface area contributed by atoms with Gasteiger partial charge in [-0.3, -0.25) is 9.69 Å². The van der Waals surface area contributed by atoms with Gasteiger partial charge in [-0.05, 0) is 20.3 Å². The Morgan fingerprint density at radius 3 is 2.94 bits per heavy atom. The molecule has 0 saturated carbocycles. The molecule has 2 rings (SSSR count). The van der Waals surface area contributed by atoms with Crippen molar-refractivity contribution in [2.75, 3.05) is 6.54 Å². The Morgan fingerprint density at radius 2 is 2.31 bits per heavy atom. The molecule has 0 radical (unpaired) electrons. The Labute approximate surface area is 94.7 Å². The minimum absolute atomic E-state index is 0.0196. The second-order valence-electron chi connectivity index (χ2n) is 4.46. The van der Waals surface area contributed by atoms with Crippen molar-refractivity contribution in [1.82, 2.24) is 14.9 Å². The van der Waals surface area contributed by atoms with Crippen LogP contribution in [0.3, 0.4) is 0 Å². The molecule has 0 atom stereocenters. The van der Waals surface area contributed by atoms with Crippen LogP contribution in [0, 0.1) is 0 Å². The van der Waals surface area contributed by atoms with Crippen LogP contribution < -0.4 is 11.3 Å². The summed E-state index contributed by atoms with van der Waals surface area (Å²) in [6.07, 6.45) is 0.778. The summed E-state index contributed by atoms with van der Waals surface area (Å²) in [5.41, 5.74) is 7.20. The third-order valence-electron chi connectivity index (χ3n) is 3.08. The summed E-state index contributed by atoms with van der Waals surface area (Å²) in [5, 5.41) is 0. The van der Waals surface area contributed by atoms with Crippen LogP contribution in [0.15, 0.2) is 4.79 Å². The fourth-order valence-electron chi connectivity index (χ4n) is 2.05. The van der Waals surface area contributed by atoms with E-state index in [4.69, 9.17) is 5.73 Å². The molecule has 5 heteroatoms. The molecule has 1 aromatic heterocycles. The highest BCUT2D eigenvalue weighted by Crippen LogP contribution is 2.15. The number of hydrogen-bond acceptors (Lipinski definition) is 4. The fourth-order valence-corrected chi connectivity index (χ4v) is 2.05. The maximum Gasteiger partial charge on any atom is 0.254 e. The SMILES string of the molecule is CC(C)N1CCc2c(nc(CN)[nH]c2=O)C1. The summed E-state index contributed by atoms with van der Waals surface area (Å²) in [7, 11) is 0. The molecule has 0 aromatic carbocycles. The molecule has 0 amide bonds. The Balaban J connectivity index is 2.37. The second kappa shape index (κ2) is 4.35. The van der Waals surface area contributed by atoms with Crippen molar-refractivity contribution in [3.8, 4) is 0 Å². The number of nitrogens with zero attached hydrogens (tertiary/aromatic N) is 2. The molecule has 0 bridgehead atoms. The fraction of sp³-hybridized carbons (Fsp3) is 0.636. The molecule has 3 N–H and O–H groups in total. The molecule has 88 valence electrons. The van der Waals surface area contributed by atoms with Gasteiger partial charge in [0.05, 0.1) is 12.2 Å². The normalized spacial score (nSPS) is 16.5. The average Bonchev–Trinajstić information content (AvgIpc) is 2.28. The Hall–Kier alpha value is -1.20. The van der Waals surface area contributed by atoms with E-state index in [1.165, 1.54) is 0 Å². The predicted molar refractivity (Wildman–Crippen MR) is 62.0 cm³/mol. The van der Waals surface area contributed by atoms with Crippen molar-refractivity contribution in [2.45, 2.75) is 39.4 Å². The van der Waals surface area contributed by atoms with E-state index in [1.807, 2.05) is 0 Å². The van der Waals surface area contributed by atoms with E-state index in [9.17, 15) is 4.79 Å². The van der Waals surface area contributed by atoms with Gasteiger partial charge < -0.3 is 10.7 Å². The number of hydrogen-bond donors (Lipinski definition) is 2. The first-order chi connectivity index (χ1) is 7.61. The molecule has 2 heterocycles. The van der Waals surface area contributed by atoms with Gasteiger partial charge in [-0.15, -0.1) is 0 Å². The van der Waals surface area contributed by atoms with Crippen LogP contribution in [0.5, 0.6) is 0 Å². The third-order valence-corrected chi connectivity index (χ3v) is 3.08. The van der Waals surface area contributed by atoms with Crippen LogP contribution in [0.2, 0.25) is 0 Å². The lowest BCUT2D eigenvalue weighted by Crippen LogP contribution is -2.39. The Bertz CT molecular complexity index is 438. The largest absolute Gasteiger partial charge is 0.324 e. The van der Waals surface area contributed by atoms with E-state index < -0.39 is 0 Å². The van der Waals surface area contributed by atoms with E-state index in [2.05, 4.69) is 28.7 Å². The summed E-state index contributed by atoms with van der Waals surface area (Å²) >= 11 is 0. The first kappa shape index (κ1) is 11.3. The minimum Gasteiger partial charge on any atom is -0.324 e. The van der Waals surface area contributed by atoms with E-state index in [-0.39, 0.29) is 12.1 Å². The molecule has 0 unspecified atom stereocenters. The third kappa shape index (κ3) is 2.01. The molecular formula is C11H18N4O. The smallest absolute Gasteiger partial charge is 0.254 e. The summed E-state index contributed by atoms with van der Waals surface area (Å²) in [6, 6.07) is 0.482. The molecule has 0 saturated heterocycles. The number of nitrogens with one attached hydrogen (secondary N) is 1. The molecular weight excluding hydrogens is 204 g/mol. The highest BCUT2D eigenvalue weighted by atomic mass is 16.1. The van der Waals surface area contributed by atoms with E-state index >= 15 is 0 Å². The minimum atomic E-state index is -0.0196. The topological polar surface area (TPSA) is 75.0 Å². The number of H-pyrrole nitrogens is 1. The second-order valence-corrected chi connectivity index (χ2v) is 4.46. The number of nitrogens with two attached hydrogens (primary N) is 1. The van der Waals surface area contributed by atoms with Crippen LogP contribution >= 0.6 is 0 Å². The van der Waals surface area contributed by atoms with Crippen molar-refractivity contribution >= 4 is 0 Å². The van der Waals surface area contributed by atoms with Gasteiger partial charge in [0.25, 0.3) is 5.56 Å². The molecule has 0 fully saturated rings. The number of rotatable bonds is 2. The van der Waals surface area contributed by atoms with E-state index in [0.717, 1.165) is 30.8 Å². The highest BCUT2D eigenvalue weighted by Gasteiger charge is 2.22. The summed E-state index contributed by atoms with van der Waals surface area (Å²) in [5.74, 6) is 0.578. The zero-order valence-electron chi connectivity index (χ0n) is 9.79. The van der Waals surface area contributed by atoms with Crippen LogP contribution in [-0.4, -0.2) is 27.5 Å². The van der Waals surface area contributed by atoms with Gasteiger partial charge in [0.2, 0.25) is 0 Å². The monoisotopic (exact) mass is 222 g/mol. The van der Waals surface area contributed by atoms with E-state index in [0.29, 0.717) is 11.9 Å². The highest BCUT2D eigenvalue weighted by molar-refractivity contribution is 5.21. The molecule has 1 aliphatic heterocycles. The quantitative estimate of drug-likeness (QED) is 0.738. The molecule has 1 aromatic rings. The zero-order valence-corrected chi connectivity index (χ0v) is 9.79. The summed E-state index contributed by atoms with van der Waals surface area (Å²) < 4.78 is 0. The first-order valence-corrected chi connectivity index (χ1v) is 5.67. The molecule has 5 nitrogen and oxygen atoms in total. The summed E-state index contributed by atoms with van der Waals surface area (Å²) in [4.78, 5) is 21.2. The first-order valence-electron chi connectivity index (χ1n) is 5.67. The van der Waals surface area contributed by atoms with Crippen molar-refractivity contribution in [1.29, 1.82) is 0 Å². The molecule has 0 aliphatic carbocycles. The van der Waals surface area contributed by atoms with Crippen LogP contribution in [0.4, 0.5) is 0 Å². The van der Waals surface area contributed by atoms with Gasteiger partial charge in [0.15, 0.2) is 0 Å². The molecule has 0 spiro atoms. The van der Waals surface area contributed by atoms with Crippen molar-refractivity contribution in [3.63, 3.8) is 0 Å². The lowest BCUT2D eigenvalue weighted by Gasteiger charge is -2.30. The van der Waals surface area contributed by atoms with Crippen molar-refractivity contribution in [3.05, 3.63) is 27.4 Å². The van der Waals surface area contributed by atoms with Gasteiger partial charge in [0.1, 0.15) is 5.82 Å². The summed E-state index contributed by atoms with van der Waals surface area (Å²) in [6.45, 7) is 6.27. The molecule has 16 heavy (non-hydrogen) atoms. The Morgan fingerprint density at radius 1 is 1.56 bits per heavy atom. The molecule has 1 aliphatic rings. The van der Waals surface area contributed by atoms with Crippen molar-refractivity contribution < 1.29 is 0 Å². The van der Waals surface area contributed by atoms with Gasteiger partial charge in [-0.1, -0.05) is 0 Å². The van der Waals surface area contributed by atoms with Gasteiger partial charge >= 0.3 is 0 Å². The zero-order chi connectivity index (χ0) is 11.7. The lowest BCUT2D eigenvalue weighted by atomic mass is 10.1. The van der Waals surface area contributed by atoms with Crippen LogP contribution in [-0.2, 0) is 19.5 Å². The predicted octanol–water partition coefficient (Wildman–Crippen LogP) is -0.00490.